The molecule has 0 saturated heterocycles. The van der Waals surface area contributed by atoms with E-state index in [0.717, 1.165) is 28.6 Å². The Hall–Kier alpha value is -2.33. The molecule has 1 aliphatic rings. The van der Waals surface area contributed by atoms with Gasteiger partial charge in [0.2, 0.25) is 0 Å². The zero-order valence-corrected chi connectivity index (χ0v) is 13.0. The Morgan fingerprint density at radius 3 is 2.74 bits per heavy atom. The highest BCUT2D eigenvalue weighted by Gasteiger charge is 2.24. The number of hydrogen-bond acceptors (Lipinski definition) is 1. The van der Waals surface area contributed by atoms with Crippen LogP contribution in [-0.4, -0.2) is 22.3 Å². The predicted octanol–water partition coefficient (Wildman–Crippen LogP) is 4.16. The summed E-state index contributed by atoms with van der Waals surface area (Å²) in [7, 11) is 0. The average molecular weight is 329 g/mol. The monoisotopic (exact) mass is 328 g/mol. The Labute approximate surface area is 137 Å². The van der Waals surface area contributed by atoms with Crippen LogP contribution in [0.4, 0.5) is 4.39 Å². The first kappa shape index (κ1) is 14.3. The lowest BCUT2D eigenvalue weighted by atomic mass is 10.0. The predicted molar refractivity (Wildman–Crippen MR) is 88.2 cm³/mol. The lowest BCUT2D eigenvalue weighted by Gasteiger charge is -2.27. The number of nitrogens with zero attached hydrogens (tertiary/aromatic N) is 1. The van der Waals surface area contributed by atoms with E-state index in [4.69, 9.17) is 11.6 Å². The summed E-state index contributed by atoms with van der Waals surface area (Å²) < 4.78 is 13.0. The number of carbonyl (C=O) groups excluding carboxylic acids is 1. The van der Waals surface area contributed by atoms with Crippen LogP contribution in [0, 0.1) is 5.82 Å². The van der Waals surface area contributed by atoms with Gasteiger partial charge in [0.15, 0.2) is 0 Å². The summed E-state index contributed by atoms with van der Waals surface area (Å²) in [5, 5.41) is 1.79. The van der Waals surface area contributed by atoms with E-state index in [1.165, 1.54) is 24.3 Å². The molecule has 1 aliphatic heterocycles. The number of benzene rings is 2. The van der Waals surface area contributed by atoms with E-state index < -0.39 is 0 Å². The van der Waals surface area contributed by atoms with Gasteiger partial charge in [-0.15, -0.1) is 0 Å². The zero-order valence-electron chi connectivity index (χ0n) is 12.3. The van der Waals surface area contributed by atoms with Gasteiger partial charge in [0.25, 0.3) is 5.91 Å². The van der Waals surface area contributed by atoms with Crippen molar-refractivity contribution in [1.82, 2.24) is 9.88 Å². The molecule has 3 aromatic rings. The van der Waals surface area contributed by atoms with Crippen LogP contribution in [0.15, 0.2) is 42.5 Å². The molecule has 0 spiro atoms. The fourth-order valence-corrected chi connectivity index (χ4v) is 3.31. The van der Waals surface area contributed by atoms with Crippen molar-refractivity contribution in [3.63, 3.8) is 0 Å². The molecule has 0 fully saturated rings. The highest BCUT2D eigenvalue weighted by atomic mass is 35.5. The van der Waals surface area contributed by atoms with Crippen LogP contribution in [0.25, 0.3) is 10.9 Å². The van der Waals surface area contributed by atoms with Gasteiger partial charge >= 0.3 is 0 Å². The summed E-state index contributed by atoms with van der Waals surface area (Å²) >= 11 is 6.04. The minimum atomic E-state index is -0.337. The summed E-state index contributed by atoms with van der Waals surface area (Å²) in [4.78, 5) is 17.8. The molecule has 1 amide bonds. The maximum Gasteiger partial charge on any atom is 0.254 e. The summed E-state index contributed by atoms with van der Waals surface area (Å²) in [6.45, 7) is 1.19. The first-order chi connectivity index (χ1) is 11.1. The van der Waals surface area contributed by atoms with Gasteiger partial charge in [0, 0.05) is 52.3 Å². The molecule has 23 heavy (non-hydrogen) atoms. The van der Waals surface area contributed by atoms with Crippen LogP contribution in [-0.2, 0) is 13.0 Å². The Kier molecular flexibility index (Phi) is 3.34. The Morgan fingerprint density at radius 1 is 1.17 bits per heavy atom. The average Bonchev–Trinajstić information content (AvgIpc) is 2.91. The van der Waals surface area contributed by atoms with E-state index in [1.807, 2.05) is 18.2 Å². The van der Waals surface area contributed by atoms with Crippen LogP contribution in [0.2, 0.25) is 5.02 Å². The maximum atomic E-state index is 13.0. The third-order valence-electron chi connectivity index (χ3n) is 4.32. The number of fused-ring (bicyclic) bond motifs is 3. The first-order valence-corrected chi connectivity index (χ1v) is 7.83. The van der Waals surface area contributed by atoms with Gasteiger partial charge in [-0.05, 0) is 36.4 Å². The van der Waals surface area contributed by atoms with E-state index in [2.05, 4.69) is 4.98 Å². The first-order valence-electron chi connectivity index (χ1n) is 7.45. The molecular formula is C18H14ClFN2O. The lowest BCUT2D eigenvalue weighted by molar-refractivity contribution is 0.0735. The van der Waals surface area contributed by atoms with E-state index >= 15 is 0 Å². The van der Waals surface area contributed by atoms with E-state index in [-0.39, 0.29) is 11.7 Å². The number of hydrogen-bond donors (Lipinski definition) is 1. The topological polar surface area (TPSA) is 36.1 Å². The number of halogens is 2. The van der Waals surface area contributed by atoms with Crippen LogP contribution >= 0.6 is 11.6 Å². The fourth-order valence-electron chi connectivity index (χ4n) is 3.14. The molecule has 1 N–H and O–H groups in total. The van der Waals surface area contributed by atoms with E-state index in [1.54, 1.807) is 4.90 Å². The van der Waals surface area contributed by atoms with Crippen molar-refractivity contribution < 1.29 is 9.18 Å². The Bertz CT molecular complexity index is 901. The van der Waals surface area contributed by atoms with Crippen molar-refractivity contribution in [2.45, 2.75) is 13.0 Å². The van der Waals surface area contributed by atoms with Crippen LogP contribution in [0.3, 0.4) is 0 Å². The van der Waals surface area contributed by atoms with Gasteiger partial charge in [-0.2, -0.15) is 0 Å². The smallest absolute Gasteiger partial charge is 0.254 e. The normalized spacial score (nSPS) is 14.1. The van der Waals surface area contributed by atoms with Gasteiger partial charge in [-0.1, -0.05) is 17.7 Å². The molecule has 0 radical (unpaired) electrons. The molecule has 3 nitrogen and oxygen atoms in total. The molecule has 4 rings (SSSR count). The second-order valence-corrected chi connectivity index (χ2v) is 6.19. The third kappa shape index (κ3) is 2.49. The maximum absolute atomic E-state index is 13.0. The van der Waals surface area contributed by atoms with Crippen molar-refractivity contribution in [3.05, 3.63) is 70.1 Å². The van der Waals surface area contributed by atoms with Gasteiger partial charge < -0.3 is 9.88 Å². The number of rotatable bonds is 1. The van der Waals surface area contributed by atoms with Crippen LogP contribution in [0.1, 0.15) is 21.6 Å². The largest absolute Gasteiger partial charge is 0.358 e. The molecule has 1 aromatic heterocycles. The molecule has 0 aliphatic carbocycles. The van der Waals surface area contributed by atoms with Gasteiger partial charge in [0.1, 0.15) is 5.82 Å². The second-order valence-electron chi connectivity index (χ2n) is 5.76. The van der Waals surface area contributed by atoms with E-state index in [0.29, 0.717) is 23.7 Å². The van der Waals surface area contributed by atoms with Crippen molar-refractivity contribution in [1.29, 1.82) is 0 Å². The lowest BCUT2D eigenvalue weighted by Crippen LogP contribution is -2.35. The van der Waals surface area contributed by atoms with Crippen molar-refractivity contribution in [2.75, 3.05) is 6.54 Å². The summed E-state index contributed by atoms with van der Waals surface area (Å²) in [5.41, 5.74) is 3.81. The molecule has 2 aromatic carbocycles. The van der Waals surface area contributed by atoms with Gasteiger partial charge in [-0.3, -0.25) is 4.79 Å². The van der Waals surface area contributed by atoms with Gasteiger partial charge in [-0.25, -0.2) is 4.39 Å². The molecule has 116 valence electrons. The minimum absolute atomic E-state index is 0.0704. The number of aromatic nitrogens is 1. The molecule has 0 unspecified atom stereocenters. The van der Waals surface area contributed by atoms with Gasteiger partial charge in [0.05, 0.1) is 0 Å². The molecule has 5 heteroatoms. The molecular weight excluding hydrogens is 315 g/mol. The fraction of sp³-hybridized carbons (Fsp3) is 0.167. The molecule has 0 bridgehead atoms. The van der Waals surface area contributed by atoms with Crippen molar-refractivity contribution >= 4 is 28.4 Å². The Morgan fingerprint density at radius 2 is 1.96 bits per heavy atom. The number of nitrogens with one attached hydrogen (secondary N) is 1. The summed E-state index contributed by atoms with van der Waals surface area (Å²) in [6.07, 6.45) is 0.772. The number of aromatic amines is 1. The SMILES string of the molecule is O=C(c1ccc(F)cc1)N1CCc2[nH]c3cc(Cl)ccc3c2C1. The van der Waals surface area contributed by atoms with Crippen molar-refractivity contribution in [3.8, 4) is 0 Å². The Balaban J connectivity index is 1.66. The molecule has 2 heterocycles. The molecule has 0 atom stereocenters. The summed E-state index contributed by atoms with van der Waals surface area (Å²) in [5.74, 6) is -0.407. The van der Waals surface area contributed by atoms with Crippen molar-refractivity contribution in [2.24, 2.45) is 0 Å². The standard InChI is InChI=1S/C18H14ClFN2O/c19-12-3-6-14-15-10-22(8-7-16(15)21-17(14)9-12)18(23)11-1-4-13(20)5-2-11/h1-6,9,21H,7-8,10H2. The quantitative estimate of drug-likeness (QED) is 0.715. The minimum Gasteiger partial charge on any atom is -0.358 e. The molecule has 0 saturated carbocycles. The highest BCUT2D eigenvalue weighted by molar-refractivity contribution is 6.31. The number of amides is 1. The third-order valence-corrected chi connectivity index (χ3v) is 4.55. The number of carbonyl (C=O) groups is 1. The summed E-state index contributed by atoms with van der Waals surface area (Å²) in [6, 6.07) is 11.4. The van der Waals surface area contributed by atoms with Crippen LogP contribution < -0.4 is 0 Å². The van der Waals surface area contributed by atoms with Crippen LogP contribution in [0.5, 0.6) is 0 Å². The zero-order chi connectivity index (χ0) is 16.0. The highest BCUT2D eigenvalue weighted by Crippen LogP contribution is 2.30. The second kappa shape index (κ2) is 5.39. The number of H-pyrrole nitrogens is 1. The van der Waals surface area contributed by atoms with E-state index in [9.17, 15) is 9.18 Å².